The first-order valence-corrected chi connectivity index (χ1v) is 16.0. The lowest BCUT2D eigenvalue weighted by Gasteiger charge is -2.32. The lowest BCUT2D eigenvalue weighted by molar-refractivity contribution is -0.132. The molecule has 2 aromatic heterocycles. The molecule has 2 atom stereocenters. The maximum Gasteiger partial charge on any atom is 0.227 e. The Labute approximate surface area is 247 Å². The van der Waals surface area contributed by atoms with Gasteiger partial charge >= 0.3 is 0 Å². The summed E-state index contributed by atoms with van der Waals surface area (Å²) in [7, 11) is 0.715. The maximum atomic E-state index is 12.9. The van der Waals surface area contributed by atoms with Gasteiger partial charge in [0.2, 0.25) is 11.9 Å². The molecule has 42 heavy (non-hydrogen) atoms. The van der Waals surface area contributed by atoms with E-state index in [1.807, 2.05) is 43.4 Å². The Kier molecular flexibility index (Phi) is 7.23. The third-order valence-corrected chi connectivity index (χ3v) is 9.96. The summed E-state index contributed by atoms with van der Waals surface area (Å²) in [6.07, 6.45) is 3.67. The largest absolute Gasteiger partial charge is 0.440 e. The summed E-state index contributed by atoms with van der Waals surface area (Å²) in [5.41, 5.74) is 3.81. The van der Waals surface area contributed by atoms with Crippen molar-refractivity contribution in [3.63, 3.8) is 0 Å². The molecule has 2 fully saturated rings. The minimum atomic E-state index is -1.11. The fraction of sp³-hybridized carbons (Fsp3) is 0.375. The Morgan fingerprint density at radius 2 is 1.62 bits per heavy atom. The number of carbonyl (C=O) groups is 1. The smallest absolute Gasteiger partial charge is 0.227 e. The van der Waals surface area contributed by atoms with Gasteiger partial charge in [0, 0.05) is 68.4 Å². The van der Waals surface area contributed by atoms with Gasteiger partial charge in [-0.1, -0.05) is 60.7 Å². The molecule has 0 saturated carbocycles. The van der Waals surface area contributed by atoms with Crippen molar-refractivity contribution in [2.75, 3.05) is 42.7 Å². The summed E-state index contributed by atoms with van der Waals surface area (Å²) in [6.45, 7) is 2.16. The summed E-state index contributed by atoms with van der Waals surface area (Å²) in [6, 6.07) is 20.5. The van der Waals surface area contributed by atoms with Gasteiger partial charge in [-0.15, -0.1) is 0 Å². The molecule has 0 bridgehead atoms. The highest BCUT2D eigenvalue weighted by Gasteiger charge is 2.32. The van der Waals surface area contributed by atoms with E-state index < -0.39 is 10.8 Å². The van der Waals surface area contributed by atoms with E-state index in [0.29, 0.717) is 36.9 Å². The number of rotatable bonds is 6. The summed E-state index contributed by atoms with van der Waals surface area (Å²) in [5.74, 6) is 3.84. The average molecular weight is 583 g/mol. The van der Waals surface area contributed by atoms with Gasteiger partial charge in [-0.25, -0.2) is 9.97 Å². The number of likely N-dealkylation sites (tertiary alicyclic amines) is 1. The van der Waals surface area contributed by atoms with Crippen molar-refractivity contribution in [2.45, 2.75) is 49.0 Å². The molecule has 1 N–H and O–H groups in total. The standard InChI is InChI=1S/C32H34N6O3S/c1-37-20-24(12-13-26(37)39)33-30-29-25(16-19-42(29)40)34-32(36-30)38-17-14-23(15-18-38)31-35-27(21-8-4-2-5-9-21)28(41-31)22-10-6-3-7-11-22/h2-11,23-24H,12-20H2,1H3,(H,33,34,36)/t24-,42?/m0/s1. The second kappa shape index (κ2) is 11.3. The molecule has 216 valence electrons. The van der Waals surface area contributed by atoms with Crippen LogP contribution in [0.1, 0.15) is 43.2 Å². The zero-order valence-corrected chi connectivity index (χ0v) is 24.5. The van der Waals surface area contributed by atoms with Gasteiger partial charge in [0.15, 0.2) is 11.7 Å². The zero-order chi connectivity index (χ0) is 28.6. The Morgan fingerprint density at radius 1 is 0.905 bits per heavy atom. The number of carbonyl (C=O) groups excluding carboxylic acids is 1. The molecular formula is C32H34N6O3S. The van der Waals surface area contributed by atoms with Crippen LogP contribution in [0.3, 0.4) is 0 Å². The highest BCUT2D eigenvalue weighted by molar-refractivity contribution is 7.85. The van der Waals surface area contributed by atoms with Crippen LogP contribution in [-0.2, 0) is 22.0 Å². The lowest BCUT2D eigenvalue weighted by atomic mass is 9.97. The van der Waals surface area contributed by atoms with Crippen LogP contribution < -0.4 is 10.2 Å². The van der Waals surface area contributed by atoms with Crippen LogP contribution in [0.4, 0.5) is 11.8 Å². The molecule has 3 aliphatic heterocycles. The van der Waals surface area contributed by atoms with Crippen molar-refractivity contribution >= 4 is 28.5 Å². The number of likely N-dealkylation sites (N-methyl/N-ethyl adjacent to an activating group) is 1. The van der Waals surface area contributed by atoms with Crippen LogP contribution in [0.5, 0.6) is 0 Å². The predicted molar refractivity (Wildman–Crippen MR) is 163 cm³/mol. The highest BCUT2D eigenvalue weighted by atomic mass is 32.2. The van der Waals surface area contributed by atoms with E-state index >= 15 is 0 Å². The highest BCUT2D eigenvalue weighted by Crippen LogP contribution is 2.38. The van der Waals surface area contributed by atoms with Crippen LogP contribution in [0.15, 0.2) is 70.0 Å². The molecule has 0 radical (unpaired) electrons. The number of nitrogens with one attached hydrogen (secondary N) is 1. The van der Waals surface area contributed by atoms with Gasteiger partial charge in [0.1, 0.15) is 16.4 Å². The lowest BCUT2D eigenvalue weighted by Crippen LogP contribution is -2.43. The summed E-state index contributed by atoms with van der Waals surface area (Å²) in [4.78, 5) is 31.5. The number of hydrogen-bond donors (Lipinski definition) is 1. The van der Waals surface area contributed by atoms with E-state index in [1.165, 1.54) is 0 Å². The Morgan fingerprint density at radius 3 is 2.33 bits per heavy atom. The topological polar surface area (TPSA) is 104 Å². The quantitative estimate of drug-likeness (QED) is 0.343. The van der Waals surface area contributed by atoms with Crippen molar-refractivity contribution in [3.8, 4) is 22.6 Å². The predicted octanol–water partition coefficient (Wildman–Crippen LogP) is 4.88. The maximum absolute atomic E-state index is 12.9. The number of piperidine rings is 2. The van der Waals surface area contributed by atoms with Gasteiger partial charge in [0.25, 0.3) is 0 Å². The third-order valence-electron chi connectivity index (χ3n) is 8.50. The minimum absolute atomic E-state index is 0.0746. The second-order valence-corrected chi connectivity index (χ2v) is 12.8. The average Bonchev–Trinajstić information content (AvgIpc) is 3.64. The number of oxazole rings is 1. The first-order chi connectivity index (χ1) is 20.5. The van der Waals surface area contributed by atoms with E-state index in [0.717, 1.165) is 71.4 Å². The SMILES string of the molecule is CN1C[C@@H](Nc2nc(N3CCC(c4nc(-c5ccccc5)c(-c5ccccc5)o4)CC3)nc3c2S(=O)CC3)CCC1=O. The van der Waals surface area contributed by atoms with Gasteiger partial charge in [0.05, 0.1) is 16.5 Å². The van der Waals surface area contributed by atoms with Crippen molar-refractivity contribution in [2.24, 2.45) is 0 Å². The normalized spacial score (nSPS) is 21.0. The number of aryl methyl sites for hydroxylation is 1. The molecule has 7 rings (SSSR count). The number of fused-ring (bicyclic) bond motifs is 1. The van der Waals surface area contributed by atoms with Crippen LogP contribution in [0.25, 0.3) is 22.6 Å². The van der Waals surface area contributed by atoms with Gasteiger partial charge in [-0.3, -0.25) is 9.00 Å². The molecule has 1 amide bonds. The van der Waals surface area contributed by atoms with E-state index in [4.69, 9.17) is 19.4 Å². The van der Waals surface area contributed by atoms with Crippen LogP contribution in [-0.4, -0.2) is 68.4 Å². The third kappa shape index (κ3) is 5.19. The van der Waals surface area contributed by atoms with Crippen molar-refractivity contribution in [1.29, 1.82) is 0 Å². The molecule has 4 aromatic rings. The molecule has 5 heterocycles. The number of aromatic nitrogens is 3. The van der Waals surface area contributed by atoms with E-state index in [-0.39, 0.29) is 17.9 Å². The number of benzene rings is 2. The van der Waals surface area contributed by atoms with Crippen molar-refractivity contribution in [1.82, 2.24) is 19.9 Å². The van der Waals surface area contributed by atoms with E-state index in [9.17, 15) is 9.00 Å². The summed E-state index contributed by atoms with van der Waals surface area (Å²) in [5, 5.41) is 3.53. The number of hydrogen-bond acceptors (Lipinski definition) is 8. The minimum Gasteiger partial charge on any atom is -0.440 e. The molecule has 10 heteroatoms. The van der Waals surface area contributed by atoms with Crippen LogP contribution in [0.2, 0.25) is 0 Å². The second-order valence-electron chi connectivity index (χ2n) is 11.3. The molecule has 1 unspecified atom stereocenters. The van der Waals surface area contributed by atoms with E-state index in [2.05, 4.69) is 34.5 Å². The van der Waals surface area contributed by atoms with Gasteiger partial charge < -0.3 is 19.5 Å². The first kappa shape index (κ1) is 26.8. The molecule has 0 spiro atoms. The number of anilines is 2. The first-order valence-electron chi connectivity index (χ1n) is 14.7. The van der Waals surface area contributed by atoms with Crippen LogP contribution >= 0.6 is 0 Å². The van der Waals surface area contributed by atoms with Crippen molar-refractivity contribution < 1.29 is 13.4 Å². The molecule has 3 aliphatic rings. The zero-order valence-electron chi connectivity index (χ0n) is 23.7. The summed E-state index contributed by atoms with van der Waals surface area (Å²) >= 11 is 0. The molecule has 0 aliphatic carbocycles. The number of amides is 1. The van der Waals surface area contributed by atoms with Crippen molar-refractivity contribution in [3.05, 3.63) is 72.2 Å². The molecule has 2 saturated heterocycles. The molecular weight excluding hydrogens is 548 g/mol. The molecule has 2 aromatic carbocycles. The van der Waals surface area contributed by atoms with Gasteiger partial charge in [-0.05, 0) is 19.3 Å². The Balaban J connectivity index is 1.11. The fourth-order valence-corrected chi connectivity index (χ4v) is 7.47. The monoisotopic (exact) mass is 582 g/mol. The fourth-order valence-electron chi connectivity index (χ4n) is 6.16. The summed E-state index contributed by atoms with van der Waals surface area (Å²) < 4.78 is 19.4. The van der Waals surface area contributed by atoms with E-state index in [1.54, 1.807) is 4.90 Å². The van der Waals surface area contributed by atoms with Crippen LogP contribution in [0, 0.1) is 0 Å². The Bertz CT molecular complexity index is 1560. The number of nitrogens with zero attached hydrogens (tertiary/aromatic N) is 5. The Hall–Kier alpha value is -4.05. The molecule has 9 nitrogen and oxygen atoms in total. The van der Waals surface area contributed by atoms with Gasteiger partial charge in [-0.2, -0.15) is 4.98 Å².